The van der Waals surface area contributed by atoms with Gasteiger partial charge in [0, 0.05) is 6.42 Å². The van der Waals surface area contributed by atoms with Gasteiger partial charge in [-0.1, -0.05) is 56.3 Å². The third-order valence-electron chi connectivity index (χ3n) is 4.28. The average Bonchev–Trinajstić information content (AvgIpc) is 2.51. The van der Waals surface area contributed by atoms with Gasteiger partial charge in [-0.15, -0.1) is 0 Å². The molecule has 2 N–H and O–H groups in total. The van der Waals surface area contributed by atoms with Gasteiger partial charge >= 0.3 is 12.1 Å². The van der Waals surface area contributed by atoms with E-state index in [-0.39, 0.29) is 0 Å². The number of aliphatic carboxylic acids is 1. The molecule has 0 radical (unpaired) electrons. The standard InChI is InChI=1S/C19H20F3NO3/c1-18(2,19(20,21)22)11-16(24)23-15(10-17(25)26)14-9-5-7-12-6-3-4-8-13(12)14/h3-9,15H,10-11H2,1-2H3,(H,23,24)(H,25,26)/t15-/m1/s1. The van der Waals surface area contributed by atoms with Crippen molar-refractivity contribution < 1.29 is 27.9 Å². The molecule has 0 aliphatic heterocycles. The molecule has 2 aromatic rings. The highest BCUT2D eigenvalue weighted by Gasteiger charge is 2.48. The number of nitrogens with one attached hydrogen (secondary N) is 1. The van der Waals surface area contributed by atoms with Crippen molar-refractivity contribution in [1.29, 1.82) is 0 Å². The number of carboxylic acid groups (broad SMARTS) is 1. The van der Waals surface area contributed by atoms with E-state index in [2.05, 4.69) is 5.32 Å². The van der Waals surface area contributed by atoms with Crippen molar-refractivity contribution in [1.82, 2.24) is 5.32 Å². The highest BCUT2D eigenvalue weighted by molar-refractivity contribution is 5.87. The van der Waals surface area contributed by atoms with Gasteiger partial charge in [0.1, 0.15) is 0 Å². The summed E-state index contributed by atoms with van der Waals surface area (Å²) in [6.45, 7) is 1.88. The quantitative estimate of drug-likeness (QED) is 0.793. The second-order valence-electron chi connectivity index (χ2n) is 6.84. The Morgan fingerprint density at radius 1 is 1.08 bits per heavy atom. The van der Waals surface area contributed by atoms with Crippen LogP contribution in [0.4, 0.5) is 13.2 Å². The van der Waals surface area contributed by atoms with Gasteiger partial charge in [-0.25, -0.2) is 0 Å². The first-order chi connectivity index (χ1) is 12.0. The minimum Gasteiger partial charge on any atom is -0.481 e. The van der Waals surface area contributed by atoms with E-state index in [0.29, 0.717) is 5.56 Å². The molecular weight excluding hydrogens is 347 g/mol. The van der Waals surface area contributed by atoms with Gasteiger partial charge < -0.3 is 10.4 Å². The van der Waals surface area contributed by atoms with Crippen LogP contribution in [0, 0.1) is 5.41 Å². The van der Waals surface area contributed by atoms with E-state index in [4.69, 9.17) is 5.11 Å². The first-order valence-corrected chi connectivity index (χ1v) is 8.07. The predicted octanol–water partition coefficient (Wildman–Crippen LogP) is 4.45. The molecule has 0 bridgehead atoms. The Balaban J connectivity index is 2.31. The summed E-state index contributed by atoms with van der Waals surface area (Å²) in [4.78, 5) is 23.4. The number of halogens is 3. The molecule has 0 aliphatic carbocycles. The summed E-state index contributed by atoms with van der Waals surface area (Å²) in [7, 11) is 0. The molecule has 0 aromatic heterocycles. The molecule has 2 rings (SSSR count). The van der Waals surface area contributed by atoms with E-state index in [9.17, 15) is 22.8 Å². The summed E-state index contributed by atoms with van der Waals surface area (Å²) >= 11 is 0. The van der Waals surface area contributed by atoms with Gasteiger partial charge in [-0.05, 0) is 16.3 Å². The van der Waals surface area contributed by atoms with Crippen LogP contribution in [0.2, 0.25) is 0 Å². The van der Waals surface area contributed by atoms with Crippen LogP contribution in [0.1, 0.15) is 38.3 Å². The van der Waals surface area contributed by atoms with Gasteiger partial charge in [-0.2, -0.15) is 13.2 Å². The maximum absolute atomic E-state index is 13.0. The molecule has 0 spiro atoms. The smallest absolute Gasteiger partial charge is 0.394 e. The molecule has 2 aromatic carbocycles. The van der Waals surface area contributed by atoms with Crippen LogP contribution in [0.5, 0.6) is 0 Å². The number of benzene rings is 2. The number of hydrogen-bond acceptors (Lipinski definition) is 2. The van der Waals surface area contributed by atoms with Gasteiger partial charge in [0.25, 0.3) is 0 Å². The molecule has 7 heteroatoms. The van der Waals surface area contributed by atoms with Gasteiger partial charge in [0.05, 0.1) is 17.9 Å². The molecule has 0 heterocycles. The largest absolute Gasteiger partial charge is 0.481 e. The van der Waals surface area contributed by atoms with Crippen LogP contribution in [0.15, 0.2) is 42.5 Å². The van der Waals surface area contributed by atoms with Crippen molar-refractivity contribution >= 4 is 22.6 Å². The topological polar surface area (TPSA) is 66.4 Å². The highest BCUT2D eigenvalue weighted by atomic mass is 19.4. The summed E-state index contributed by atoms with van der Waals surface area (Å²) in [5.41, 5.74) is -1.65. The Morgan fingerprint density at radius 2 is 1.69 bits per heavy atom. The summed E-state index contributed by atoms with van der Waals surface area (Å²) < 4.78 is 39.0. The second kappa shape index (κ2) is 7.35. The molecule has 0 saturated carbocycles. The minimum absolute atomic E-state index is 0.424. The molecule has 1 amide bonds. The number of carboxylic acids is 1. The number of rotatable bonds is 6. The summed E-state index contributed by atoms with van der Waals surface area (Å²) in [5, 5.41) is 13.2. The predicted molar refractivity (Wildman–Crippen MR) is 91.5 cm³/mol. The summed E-state index contributed by atoms with van der Waals surface area (Å²) in [6, 6.07) is 11.5. The van der Waals surface area contributed by atoms with Crippen LogP contribution in [-0.4, -0.2) is 23.2 Å². The zero-order valence-corrected chi connectivity index (χ0v) is 14.4. The van der Waals surface area contributed by atoms with Crippen molar-refractivity contribution in [2.24, 2.45) is 5.41 Å². The third kappa shape index (κ3) is 4.53. The zero-order valence-electron chi connectivity index (χ0n) is 14.4. The van der Waals surface area contributed by atoms with Crippen molar-refractivity contribution in [3.05, 3.63) is 48.0 Å². The maximum atomic E-state index is 13.0. The fourth-order valence-corrected chi connectivity index (χ4v) is 2.71. The van der Waals surface area contributed by atoms with E-state index < -0.39 is 42.4 Å². The molecule has 0 aliphatic rings. The Kier molecular flexibility index (Phi) is 5.59. The lowest BCUT2D eigenvalue weighted by Crippen LogP contribution is -2.39. The molecule has 4 nitrogen and oxygen atoms in total. The zero-order chi connectivity index (χ0) is 19.5. The van der Waals surface area contributed by atoms with Crippen LogP contribution >= 0.6 is 0 Å². The third-order valence-corrected chi connectivity index (χ3v) is 4.28. The molecular formula is C19H20F3NO3. The Morgan fingerprint density at radius 3 is 2.31 bits per heavy atom. The Hall–Kier alpha value is -2.57. The van der Waals surface area contributed by atoms with Crippen molar-refractivity contribution in [2.75, 3.05) is 0 Å². The van der Waals surface area contributed by atoms with Crippen LogP contribution in [-0.2, 0) is 9.59 Å². The minimum atomic E-state index is -4.54. The van der Waals surface area contributed by atoms with E-state index in [1.54, 1.807) is 24.3 Å². The van der Waals surface area contributed by atoms with E-state index >= 15 is 0 Å². The number of carbonyl (C=O) groups is 2. The fourth-order valence-electron chi connectivity index (χ4n) is 2.71. The van der Waals surface area contributed by atoms with Crippen molar-refractivity contribution in [3.8, 4) is 0 Å². The molecule has 0 unspecified atom stereocenters. The SMILES string of the molecule is CC(C)(CC(=O)N[C@H](CC(=O)O)c1cccc2ccccc12)C(F)(F)F. The first-order valence-electron chi connectivity index (χ1n) is 8.07. The lowest BCUT2D eigenvalue weighted by Gasteiger charge is -2.28. The lowest BCUT2D eigenvalue weighted by atomic mass is 9.87. The monoisotopic (exact) mass is 367 g/mol. The highest BCUT2D eigenvalue weighted by Crippen LogP contribution is 2.40. The van der Waals surface area contributed by atoms with E-state index in [1.165, 1.54) is 0 Å². The molecule has 1 atom stereocenters. The molecule has 0 fully saturated rings. The summed E-state index contributed by atoms with van der Waals surface area (Å²) in [6.07, 6.45) is -5.74. The average molecular weight is 367 g/mol. The fraction of sp³-hybridized carbons (Fsp3) is 0.368. The van der Waals surface area contributed by atoms with E-state index in [1.807, 2.05) is 18.2 Å². The van der Waals surface area contributed by atoms with Crippen molar-refractivity contribution in [2.45, 2.75) is 38.9 Å². The second-order valence-corrected chi connectivity index (χ2v) is 6.84. The number of amides is 1. The molecule has 140 valence electrons. The van der Waals surface area contributed by atoms with Crippen LogP contribution in [0.3, 0.4) is 0 Å². The maximum Gasteiger partial charge on any atom is 0.394 e. The number of fused-ring (bicyclic) bond motifs is 1. The number of alkyl halides is 3. The van der Waals surface area contributed by atoms with Gasteiger partial charge in [0.15, 0.2) is 0 Å². The summed E-state index contributed by atoms with van der Waals surface area (Å²) in [5.74, 6) is -2.00. The number of hydrogen-bond donors (Lipinski definition) is 2. The Labute approximate surface area is 149 Å². The van der Waals surface area contributed by atoms with Crippen molar-refractivity contribution in [3.63, 3.8) is 0 Å². The van der Waals surface area contributed by atoms with Crippen LogP contribution < -0.4 is 5.32 Å². The van der Waals surface area contributed by atoms with Crippen LogP contribution in [0.25, 0.3) is 10.8 Å². The molecule has 0 saturated heterocycles. The van der Waals surface area contributed by atoms with E-state index in [0.717, 1.165) is 24.6 Å². The normalized spacial score (nSPS) is 13.4. The van der Waals surface area contributed by atoms with Gasteiger partial charge in [-0.3, -0.25) is 9.59 Å². The lowest BCUT2D eigenvalue weighted by molar-refractivity contribution is -0.213. The molecule has 26 heavy (non-hydrogen) atoms. The first kappa shape index (κ1) is 19.8. The number of carbonyl (C=O) groups excluding carboxylic acids is 1. The Bertz CT molecular complexity index is 810. The van der Waals surface area contributed by atoms with Gasteiger partial charge in [0.2, 0.25) is 5.91 Å².